The normalized spacial score (nSPS) is 39.3. The van der Waals surface area contributed by atoms with Crippen LogP contribution < -0.4 is 0 Å². The average molecular weight is 388 g/mol. The number of hydrogen-bond donors (Lipinski definition) is 2. The van der Waals surface area contributed by atoms with Gasteiger partial charge in [0.2, 0.25) is 0 Å². The summed E-state index contributed by atoms with van der Waals surface area (Å²) >= 11 is 0. The third-order valence-corrected chi connectivity index (χ3v) is 8.38. The van der Waals surface area contributed by atoms with Gasteiger partial charge in [-0.1, -0.05) is 0 Å². The SMILES string of the molecule is Cc1c(C)c(O)n(C2CCC(C(=O)OC34CC5CC(CC(C5)C3)C4)CC2)c1O. The number of carbonyl (C=O) groups excluding carboxylic acids is 1. The number of nitrogens with zero attached hydrogens (tertiary/aromatic N) is 1. The van der Waals surface area contributed by atoms with Gasteiger partial charge in [-0.15, -0.1) is 0 Å². The summed E-state index contributed by atoms with van der Waals surface area (Å²) in [5.74, 6) is 2.63. The first-order valence-corrected chi connectivity index (χ1v) is 11.2. The highest BCUT2D eigenvalue weighted by molar-refractivity contribution is 5.73. The molecule has 5 aliphatic rings. The standard InChI is InChI=1S/C23H33NO4/c1-13-14(2)21(26)24(20(13)25)19-5-3-18(4-6-19)22(27)28-23-10-15-7-16(11-23)9-17(8-15)12-23/h15-19,25-26H,3-12H2,1-2H3. The van der Waals surface area contributed by atoms with Crippen molar-refractivity contribution in [2.45, 2.75) is 89.7 Å². The van der Waals surface area contributed by atoms with Crippen LogP contribution in [0, 0.1) is 37.5 Å². The molecule has 28 heavy (non-hydrogen) atoms. The summed E-state index contributed by atoms with van der Waals surface area (Å²) in [6.45, 7) is 3.66. The van der Waals surface area contributed by atoms with Crippen molar-refractivity contribution >= 4 is 5.97 Å². The fraction of sp³-hybridized carbons (Fsp3) is 0.783. The molecule has 0 atom stereocenters. The lowest BCUT2D eigenvalue weighted by molar-refractivity contribution is -0.192. The van der Waals surface area contributed by atoms with Gasteiger partial charge in [0.1, 0.15) is 5.60 Å². The van der Waals surface area contributed by atoms with Gasteiger partial charge in [0.25, 0.3) is 0 Å². The van der Waals surface area contributed by atoms with Crippen LogP contribution in [0.4, 0.5) is 0 Å². The monoisotopic (exact) mass is 387 g/mol. The van der Waals surface area contributed by atoms with Crippen molar-refractivity contribution in [2.24, 2.45) is 23.7 Å². The zero-order valence-corrected chi connectivity index (χ0v) is 17.1. The first-order chi connectivity index (χ1) is 13.3. The molecule has 1 aromatic rings. The predicted molar refractivity (Wildman–Crippen MR) is 105 cm³/mol. The topological polar surface area (TPSA) is 71.7 Å². The molecule has 4 bridgehead atoms. The number of aromatic nitrogens is 1. The number of esters is 1. The lowest BCUT2D eigenvalue weighted by atomic mass is 9.54. The maximum Gasteiger partial charge on any atom is 0.309 e. The van der Waals surface area contributed by atoms with E-state index in [1.807, 2.05) is 13.8 Å². The van der Waals surface area contributed by atoms with Gasteiger partial charge in [0.05, 0.1) is 5.92 Å². The van der Waals surface area contributed by atoms with E-state index in [-0.39, 0.29) is 35.3 Å². The summed E-state index contributed by atoms with van der Waals surface area (Å²) in [5.41, 5.74) is 1.31. The molecular formula is C23H33NO4. The molecule has 5 heteroatoms. The summed E-state index contributed by atoms with van der Waals surface area (Å²) in [7, 11) is 0. The van der Waals surface area contributed by atoms with Crippen molar-refractivity contribution in [3.8, 4) is 11.8 Å². The quantitative estimate of drug-likeness (QED) is 0.734. The second kappa shape index (κ2) is 6.43. The number of ether oxygens (including phenoxy) is 1. The lowest BCUT2D eigenvalue weighted by Gasteiger charge is -2.56. The minimum absolute atomic E-state index is 0.00807. The molecule has 154 valence electrons. The third kappa shape index (κ3) is 2.84. The first-order valence-electron chi connectivity index (χ1n) is 11.2. The Kier molecular flexibility index (Phi) is 4.22. The fourth-order valence-electron chi connectivity index (χ4n) is 7.17. The van der Waals surface area contributed by atoms with Crippen LogP contribution in [0.3, 0.4) is 0 Å². The van der Waals surface area contributed by atoms with Crippen LogP contribution in [-0.2, 0) is 9.53 Å². The van der Waals surface area contributed by atoms with Gasteiger partial charge in [-0.05, 0) is 95.8 Å². The van der Waals surface area contributed by atoms with E-state index < -0.39 is 0 Å². The van der Waals surface area contributed by atoms with Crippen LogP contribution in [-0.4, -0.2) is 26.4 Å². The van der Waals surface area contributed by atoms with Crippen molar-refractivity contribution in [1.29, 1.82) is 0 Å². The van der Waals surface area contributed by atoms with E-state index in [0.717, 1.165) is 73.8 Å². The van der Waals surface area contributed by atoms with Crippen molar-refractivity contribution in [1.82, 2.24) is 4.57 Å². The minimum Gasteiger partial charge on any atom is -0.494 e. The Hall–Kier alpha value is -1.65. The largest absolute Gasteiger partial charge is 0.494 e. The van der Waals surface area contributed by atoms with Gasteiger partial charge in [0.15, 0.2) is 11.8 Å². The van der Waals surface area contributed by atoms with Crippen LogP contribution >= 0.6 is 0 Å². The van der Waals surface area contributed by atoms with Crippen LogP contribution in [0.1, 0.15) is 81.4 Å². The van der Waals surface area contributed by atoms with Crippen LogP contribution in [0.2, 0.25) is 0 Å². The molecule has 0 radical (unpaired) electrons. The van der Waals surface area contributed by atoms with Crippen molar-refractivity contribution in [3.05, 3.63) is 11.1 Å². The maximum absolute atomic E-state index is 13.0. The molecule has 0 saturated heterocycles. The van der Waals surface area contributed by atoms with E-state index in [2.05, 4.69) is 0 Å². The Balaban J connectivity index is 1.23. The lowest BCUT2D eigenvalue weighted by Crippen LogP contribution is -2.53. The highest BCUT2D eigenvalue weighted by atomic mass is 16.6. The number of aromatic hydroxyl groups is 2. The Morgan fingerprint density at radius 2 is 1.36 bits per heavy atom. The zero-order chi connectivity index (χ0) is 19.6. The van der Waals surface area contributed by atoms with Crippen LogP contribution in [0.15, 0.2) is 0 Å². The Bertz CT molecular complexity index is 726. The highest BCUT2D eigenvalue weighted by Gasteiger charge is 2.53. The summed E-state index contributed by atoms with van der Waals surface area (Å²) < 4.78 is 7.92. The van der Waals surface area contributed by atoms with Gasteiger partial charge < -0.3 is 14.9 Å². The molecule has 0 spiro atoms. The molecule has 0 aliphatic heterocycles. The second-order valence-corrected chi connectivity index (χ2v) is 10.3. The maximum atomic E-state index is 13.0. The Labute approximate surface area is 167 Å². The van der Waals surface area contributed by atoms with E-state index in [4.69, 9.17) is 4.74 Å². The first kappa shape index (κ1) is 18.4. The molecular weight excluding hydrogens is 354 g/mol. The molecule has 2 N–H and O–H groups in total. The van der Waals surface area contributed by atoms with E-state index in [1.54, 1.807) is 4.57 Å². The number of carbonyl (C=O) groups is 1. The van der Waals surface area contributed by atoms with E-state index in [1.165, 1.54) is 19.3 Å². The highest BCUT2D eigenvalue weighted by Crippen LogP contribution is 2.57. The second-order valence-electron chi connectivity index (χ2n) is 10.3. The molecule has 5 saturated carbocycles. The van der Waals surface area contributed by atoms with Gasteiger partial charge in [-0.2, -0.15) is 0 Å². The predicted octanol–water partition coefficient (Wildman–Crippen LogP) is 4.76. The number of hydrogen-bond acceptors (Lipinski definition) is 4. The summed E-state index contributed by atoms with van der Waals surface area (Å²) in [5, 5.41) is 20.8. The van der Waals surface area contributed by atoms with Gasteiger partial charge in [-0.3, -0.25) is 9.36 Å². The molecule has 5 aliphatic carbocycles. The molecule has 0 aromatic carbocycles. The third-order valence-electron chi connectivity index (χ3n) is 8.38. The van der Waals surface area contributed by atoms with E-state index >= 15 is 0 Å². The Morgan fingerprint density at radius 3 is 1.82 bits per heavy atom. The molecule has 1 aromatic heterocycles. The van der Waals surface area contributed by atoms with Gasteiger partial charge in [0, 0.05) is 17.2 Å². The summed E-state index contributed by atoms with van der Waals surface area (Å²) in [6, 6.07) is 0.0519. The summed E-state index contributed by atoms with van der Waals surface area (Å²) in [6.07, 6.45) is 10.4. The number of rotatable bonds is 3. The van der Waals surface area contributed by atoms with Crippen LogP contribution in [0.25, 0.3) is 0 Å². The van der Waals surface area contributed by atoms with Gasteiger partial charge >= 0.3 is 5.97 Å². The van der Waals surface area contributed by atoms with Crippen molar-refractivity contribution in [3.63, 3.8) is 0 Å². The van der Waals surface area contributed by atoms with Crippen molar-refractivity contribution < 1.29 is 19.7 Å². The smallest absolute Gasteiger partial charge is 0.309 e. The van der Waals surface area contributed by atoms with Gasteiger partial charge in [-0.25, -0.2) is 0 Å². The van der Waals surface area contributed by atoms with Crippen LogP contribution in [0.5, 0.6) is 11.8 Å². The molecule has 5 fully saturated rings. The molecule has 0 unspecified atom stereocenters. The molecule has 1 heterocycles. The summed E-state index contributed by atoms with van der Waals surface area (Å²) in [4.78, 5) is 13.0. The van der Waals surface area contributed by atoms with E-state index in [9.17, 15) is 15.0 Å². The zero-order valence-electron chi connectivity index (χ0n) is 17.1. The van der Waals surface area contributed by atoms with E-state index in [0.29, 0.717) is 0 Å². The average Bonchev–Trinajstić information content (AvgIpc) is 2.83. The molecule has 5 nitrogen and oxygen atoms in total. The Morgan fingerprint density at radius 1 is 0.893 bits per heavy atom. The molecule has 0 amide bonds. The molecule has 6 rings (SSSR count). The fourth-order valence-corrected chi connectivity index (χ4v) is 7.17. The minimum atomic E-state index is -0.159. The van der Waals surface area contributed by atoms with Crippen molar-refractivity contribution in [2.75, 3.05) is 0 Å².